The van der Waals surface area contributed by atoms with Crippen molar-refractivity contribution in [1.82, 2.24) is 0 Å². The Hall–Kier alpha value is -8.72. The SMILES string of the molecule is c1ccc(-c2cc(-c3ccccc3)cc(N(c3ccc(-c4ccc(-c5cccc(-c6ccc7ccccc7c6)c5)cc4)cc3)c3ccc(-c4cccc5c4oc4ccccc45)cc3)c2)cc1. The molecule has 1 aromatic heterocycles. The summed E-state index contributed by atoms with van der Waals surface area (Å²) in [7, 11) is 0. The minimum absolute atomic E-state index is 0.900. The van der Waals surface area contributed by atoms with Gasteiger partial charge in [0.25, 0.3) is 0 Å². The molecular formula is C64H43NO. The summed E-state index contributed by atoms with van der Waals surface area (Å²) in [6, 6.07) is 93.9. The zero-order chi connectivity index (χ0) is 43.8. The van der Waals surface area contributed by atoms with Gasteiger partial charge in [-0.1, -0.05) is 200 Å². The molecule has 310 valence electrons. The van der Waals surface area contributed by atoms with Gasteiger partial charge in [-0.05, 0) is 133 Å². The van der Waals surface area contributed by atoms with Crippen LogP contribution in [0.5, 0.6) is 0 Å². The van der Waals surface area contributed by atoms with E-state index in [1.165, 1.54) is 49.7 Å². The summed E-state index contributed by atoms with van der Waals surface area (Å²) in [5.41, 5.74) is 19.0. The second-order valence-corrected chi connectivity index (χ2v) is 16.9. The van der Waals surface area contributed by atoms with Gasteiger partial charge in [-0.25, -0.2) is 0 Å². The lowest BCUT2D eigenvalue weighted by Crippen LogP contribution is -2.10. The van der Waals surface area contributed by atoms with Gasteiger partial charge in [0.2, 0.25) is 0 Å². The second kappa shape index (κ2) is 16.8. The summed E-state index contributed by atoms with van der Waals surface area (Å²) in [5, 5.41) is 4.77. The first-order chi connectivity index (χ1) is 32.7. The number of rotatable bonds is 9. The van der Waals surface area contributed by atoms with Crippen LogP contribution in [-0.4, -0.2) is 0 Å². The standard InChI is InChI=1S/C64H43NO/c1-3-13-44(14-4-1)55-41-56(45-15-5-2-6-16-45)43-59(42-55)65(58-37-33-50(34-38-58)60-22-12-23-62-61-21-9-10-24-63(61)66-64(60)62)57-35-31-48(32-36-57)47-25-27-49(28-26-47)52-19-11-20-53(39-52)54-30-29-46-17-7-8-18-51(46)40-54/h1-43H. The molecule has 0 N–H and O–H groups in total. The quantitative estimate of drug-likeness (QED) is 0.144. The molecule has 0 aliphatic heterocycles. The summed E-state index contributed by atoms with van der Waals surface area (Å²) in [5.74, 6) is 0. The van der Waals surface area contributed by atoms with Crippen LogP contribution in [0.1, 0.15) is 0 Å². The van der Waals surface area contributed by atoms with E-state index in [-0.39, 0.29) is 0 Å². The molecule has 0 bridgehead atoms. The molecule has 2 heteroatoms. The molecule has 0 aliphatic rings. The lowest BCUT2D eigenvalue weighted by atomic mass is 9.96. The van der Waals surface area contributed by atoms with E-state index in [2.05, 4.69) is 254 Å². The molecule has 12 aromatic rings. The number of benzene rings is 11. The van der Waals surface area contributed by atoms with Gasteiger partial charge in [0, 0.05) is 33.4 Å². The van der Waals surface area contributed by atoms with Gasteiger partial charge in [-0.15, -0.1) is 0 Å². The van der Waals surface area contributed by atoms with Crippen LogP contribution in [0.3, 0.4) is 0 Å². The van der Waals surface area contributed by atoms with Crippen molar-refractivity contribution in [3.05, 3.63) is 261 Å². The van der Waals surface area contributed by atoms with E-state index < -0.39 is 0 Å². The van der Waals surface area contributed by atoms with E-state index in [0.29, 0.717) is 0 Å². The van der Waals surface area contributed by atoms with Crippen molar-refractivity contribution < 1.29 is 4.42 Å². The van der Waals surface area contributed by atoms with E-state index in [4.69, 9.17) is 4.42 Å². The molecule has 11 aromatic carbocycles. The molecule has 0 atom stereocenters. The van der Waals surface area contributed by atoms with Crippen LogP contribution in [0.15, 0.2) is 265 Å². The highest BCUT2D eigenvalue weighted by molar-refractivity contribution is 6.09. The number of anilines is 3. The van der Waals surface area contributed by atoms with E-state index in [1.807, 2.05) is 12.1 Å². The van der Waals surface area contributed by atoms with Crippen molar-refractivity contribution in [2.24, 2.45) is 0 Å². The molecule has 66 heavy (non-hydrogen) atoms. The summed E-state index contributed by atoms with van der Waals surface area (Å²) in [6.07, 6.45) is 0. The first-order valence-electron chi connectivity index (χ1n) is 22.6. The van der Waals surface area contributed by atoms with E-state index in [9.17, 15) is 0 Å². The van der Waals surface area contributed by atoms with Gasteiger partial charge in [-0.3, -0.25) is 0 Å². The molecule has 2 nitrogen and oxygen atoms in total. The number of fused-ring (bicyclic) bond motifs is 4. The van der Waals surface area contributed by atoms with Crippen LogP contribution in [0.4, 0.5) is 17.1 Å². The Labute approximate surface area is 384 Å². The zero-order valence-electron chi connectivity index (χ0n) is 36.2. The summed E-state index contributed by atoms with van der Waals surface area (Å²) in [4.78, 5) is 2.37. The minimum atomic E-state index is 0.900. The normalized spacial score (nSPS) is 11.3. The molecule has 0 aliphatic carbocycles. The highest BCUT2D eigenvalue weighted by Gasteiger charge is 2.18. The third-order valence-electron chi connectivity index (χ3n) is 12.9. The molecule has 1 heterocycles. The van der Waals surface area contributed by atoms with Gasteiger partial charge < -0.3 is 9.32 Å². The predicted octanol–water partition coefficient (Wildman–Crippen LogP) is 18.2. The second-order valence-electron chi connectivity index (χ2n) is 16.9. The van der Waals surface area contributed by atoms with Crippen molar-refractivity contribution in [3.63, 3.8) is 0 Å². The van der Waals surface area contributed by atoms with E-state index >= 15 is 0 Å². The van der Waals surface area contributed by atoms with E-state index in [1.54, 1.807) is 0 Å². The molecule has 0 saturated heterocycles. The molecule has 0 spiro atoms. The van der Waals surface area contributed by atoms with Crippen molar-refractivity contribution in [1.29, 1.82) is 0 Å². The van der Waals surface area contributed by atoms with Gasteiger partial charge in [0.15, 0.2) is 0 Å². The summed E-state index contributed by atoms with van der Waals surface area (Å²) < 4.78 is 6.46. The Morgan fingerprint density at radius 1 is 0.242 bits per heavy atom. The van der Waals surface area contributed by atoms with Crippen LogP contribution >= 0.6 is 0 Å². The van der Waals surface area contributed by atoms with Crippen molar-refractivity contribution in [2.45, 2.75) is 0 Å². The first-order valence-corrected chi connectivity index (χ1v) is 22.6. The average molecular weight is 842 g/mol. The predicted molar refractivity (Wildman–Crippen MR) is 279 cm³/mol. The molecule has 0 radical (unpaired) electrons. The van der Waals surface area contributed by atoms with Crippen LogP contribution in [-0.2, 0) is 0 Å². The lowest BCUT2D eigenvalue weighted by molar-refractivity contribution is 0.670. The number of nitrogens with zero attached hydrogens (tertiary/aromatic N) is 1. The highest BCUT2D eigenvalue weighted by atomic mass is 16.3. The average Bonchev–Trinajstić information content (AvgIpc) is 3.79. The zero-order valence-corrected chi connectivity index (χ0v) is 36.2. The van der Waals surface area contributed by atoms with Crippen molar-refractivity contribution in [2.75, 3.05) is 4.90 Å². The number of furan rings is 1. The van der Waals surface area contributed by atoms with Gasteiger partial charge in [0.1, 0.15) is 11.2 Å². The maximum absolute atomic E-state index is 6.46. The van der Waals surface area contributed by atoms with Crippen LogP contribution in [0, 0.1) is 0 Å². The molecule has 0 amide bonds. The van der Waals surface area contributed by atoms with E-state index in [0.717, 1.165) is 66.8 Å². The Morgan fingerprint density at radius 2 is 0.682 bits per heavy atom. The molecule has 12 rings (SSSR count). The monoisotopic (exact) mass is 841 g/mol. The number of hydrogen-bond donors (Lipinski definition) is 0. The molecule has 0 fully saturated rings. The van der Waals surface area contributed by atoms with Crippen LogP contribution in [0.2, 0.25) is 0 Å². The Kier molecular flexibility index (Phi) is 9.89. The molecule has 0 unspecified atom stereocenters. The fraction of sp³-hybridized carbons (Fsp3) is 0. The van der Waals surface area contributed by atoms with Gasteiger partial charge in [-0.2, -0.15) is 0 Å². The lowest BCUT2D eigenvalue weighted by Gasteiger charge is -2.27. The number of para-hydroxylation sites is 2. The Bertz CT molecular complexity index is 3610. The third kappa shape index (κ3) is 7.41. The Balaban J connectivity index is 0.912. The third-order valence-corrected chi connectivity index (χ3v) is 12.9. The van der Waals surface area contributed by atoms with Gasteiger partial charge >= 0.3 is 0 Å². The Morgan fingerprint density at radius 3 is 1.35 bits per heavy atom. The smallest absolute Gasteiger partial charge is 0.143 e. The number of hydrogen-bond acceptors (Lipinski definition) is 2. The fourth-order valence-electron chi connectivity index (χ4n) is 9.45. The highest BCUT2D eigenvalue weighted by Crippen LogP contribution is 2.42. The largest absolute Gasteiger partial charge is 0.455 e. The van der Waals surface area contributed by atoms with Crippen molar-refractivity contribution >= 4 is 49.8 Å². The molecular weight excluding hydrogens is 799 g/mol. The summed E-state index contributed by atoms with van der Waals surface area (Å²) >= 11 is 0. The molecule has 0 saturated carbocycles. The minimum Gasteiger partial charge on any atom is -0.455 e. The topological polar surface area (TPSA) is 16.4 Å². The fourth-order valence-corrected chi connectivity index (χ4v) is 9.45. The summed E-state index contributed by atoms with van der Waals surface area (Å²) in [6.45, 7) is 0. The van der Waals surface area contributed by atoms with Gasteiger partial charge in [0.05, 0.1) is 0 Å². The maximum Gasteiger partial charge on any atom is 0.143 e. The maximum atomic E-state index is 6.46. The van der Waals surface area contributed by atoms with Crippen LogP contribution in [0.25, 0.3) is 99.5 Å². The van der Waals surface area contributed by atoms with Crippen molar-refractivity contribution in [3.8, 4) is 66.8 Å². The first kappa shape index (κ1) is 38.9. The van der Waals surface area contributed by atoms with Crippen LogP contribution < -0.4 is 4.90 Å².